The standard InChI is InChI=1S/C12H20N4/c1-10-3-4-12(15-14-10)13-9-11-5-7-16(2)8-6-11/h3-4,11H,5-9H2,1-2H3,(H,13,15). The molecular weight excluding hydrogens is 200 g/mol. The van der Waals surface area contributed by atoms with E-state index >= 15 is 0 Å². The first-order valence-electron chi connectivity index (χ1n) is 5.97. The van der Waals surface area contributed by atoms with E-state index in [1.807, 2.05) is 19.1 Å². The van der Waals surface area contributed by atoms with Crippen LogP contribution in [0.5, 0.6) is 0 Å². The van der Waals surface area contributed by atoms with Crippen LogP contribution in [0.2, 0.25) is 0 Å². The van der Waals surface area contributed by atoms with Crippen molar-refractivity contribution in [2.24, 2.45) is 5.92 Å². The third-order valence-electron chi connectivity index (χ3n) is 3.21. The SMILES string of the molecule is Cc1ccc(NCC2CCN(C)CC2)nn1. The molecule has 2 heterocycles. The lowest BCUT2D eigenvalue weighted by Gasteiger charge is -2.28. The van der Waals surface area contributed by atoms with E-state index in [1.54, 1.807) is 0 Å². The van der Waals surface area contributed by atoms with Crippen molar-refractivity contribution in [2.75, 3.05) is 32.0 Å². The number of piperidine rings is 1. The molecule has 0 spiro atoms. The summed E-state index contributed by atoms with van der Waals surface area (Å²) in [6.07, 6.45) is 2.56. The topological polar surface area (TPSA) is 41.0 Å². The molecule has 4 heteroatoms. The van der Waals surface area contributed by atoms with Crippen LogP contribution < -0.4 is 5.32 Å². The van der Waals surface area contributed by atoms with Crippen molar-refractivity contribution in [1.29, 1.82) is 0 Å². The quantitative estimate of drug-likeness (QED) is 0.839. The fourth-order valence-corrected chi connectivity index (χ4v) is 2.01. The molecule has 0 aromatic carbocycles. The Kier molecular flexibility index (Phi) is 3.72. The number of nitrogens with zero attached hydrogens (tertiary/aromatic N) is 3. The molecule has 88 valence electrons. The lowest BCUT2D eigenvalue weighted by atomic mass is 9.97. The number of aryl methyl sites for hydroxylation is 1. The monoisotopic (exact) mass is 220 g/mol. The first kappa shape index (κ1) is 11.3. The smallest absolute Gasteiger partial charge is 0.148 e. The molecule has 0 atom stereocenters. The second kappa shape index (κ2) is 5.25. The summed E-state index contributed by atoms with van der Waals surface area (Å²) in [4.78, 5) is 2.39. The molecule has 1 aliphatic rings. The Balaban J connectivity index is 1.77. The van der Waals surface area contributed by atoms with Crippen LogP contribution in [0.3, 0.4) is 0 Å². The van der Waals surface area contributed by atoms with Crippen LogP contribution in [0.1, 0.15) is 18.5 Å². The van der Waals surface area contributed by atoms with Crippen LogP contribution in [0.4, 0.5) is 5.82 Å². The summed E-state index contributed by atoms with van der Waals surface area (Å²) < 4.78 is 0. The third-order valence-corrected chi connectivity index (χ3v) is 3.21. The fraction of sp³-hybridized carbons (Fsp3) is 0.667. The molecule has 0 bridgehead atoms. The molecule has 0 radical (unpaired) electrons. The molecule has 4 nitrogen and oxygen atoms in total. The van der Waals surface area contributed by atoms with Gasteiger partial charge in [-0.25, -0.2) is 0 Å². The van der Waals surface area contributed by atoms with Crippen LogP contribution >= 0.6 is 0 Å². The van der Waals surface area contributed by atoms with Crippen molar-refractivity contribution in [3.05, 3.63) is 17.8 Å². The van der Waals surface area contributed by atoms with Gasteiger partial charge in [-0.05, 0) is 58.0 Å². The highest BCUT2D eigenvalue weighted by atomic mass is 15.2. The Hall–Kier alpha value is -1.16. The van der Waals surface area contributed by atoms with Crippen LogP contribution in [0.15, 0.2) is 12.1 Å². The molecule has 0 unspecified atom stereocenters. The van der Waals surface area contributed by atoms with Crippen molar-refractivity contribution in [2.45, 2.75) is 19.8 Å². The molecule has 1 saturated heterocycles. The zero-order valence-corrected chi connectivity index (χ0v) is 10.1. The van der Waals surface area contributed by atoms with Gasteiger partial charge in [0.1, 0.15) is 5.82 Å². The van der Waals surface area contributed by atoms with Gasteiger partial charge in [0, 0.05) is 6.54 Å². The van der Waals surface area contributed by atoms with E-state index < -0.39 is 0 Å². The Morgan fingerprint density at radius 1 is 1.31 bits per heavy atom. The summed E-state index contributed by atoms with van der Waals surface area (Å²) in [6, 6.07) is 3.99. The van der Waals surface area contributed by atoms with Crippen LogP contribution in [-0.4, -0.2) is 41.8 Å². The minimum atomic E-state index is 0.777. The van der Waals surface area contributed by atoms with Gasteiger partial charge < -0.3 is 10.2 Å². The summed E-state index contributed by atoms with van der Waals surface area (Å²) >= 11 is 0. The normalized spacial score (nSPS) is 18.6. The minimum absolute atomic E-state index is 0.777. The second-order valence-electron chi connectivity index (χ2n) is 4.69. The van der Waals surface area contributed by atoms with Gasteiger partial charge in [0.25, 0.3) is 0 Å². The van der Waals surface area contributed by atoms with Crippen molar-refractivity contribution in [1.82, 2.24) is 15.1 Å². The van der Waals surface area contributed by atoms with Gasteiger partial charge in [0.05, 0.1) is 5.69 Å². The van der Waals surface area contributed by atoms with Crippen LogP contribution in [-0.2, 0) is 0 Å². The first-order valence-corrected chi connectivity index (χ1v) is 5.97. The predicted octanol–water partition coefficient (Wildman–Crippen LogP) is 1.54. The van der Waals surface area contributed by atoms with E-state index in [0.717, 1.165) is 24.0 Å². The van der Waals surface area contributed by atoms with E-state index in [2.05, 4.69) is 27.5 Å². The van der Waals surface area contributed by atoms with Gasteiger partial charge in [-0.1, -0.05) is 0 Å². The minimum Gasteiger partial charge on any atom is -0.368 e. The first-order chi connectivity index (χ1) is 7.74. The Morgan fingerprint density at radius 2 is 2.06 bits per heavy atom. The predicted molar refractivity (Wildman–Crippen MR) is 65.5 cm³/mol. The molecule has 0 amide bonds. The Morgan fingerprint density at radius 3 is 2.69 bits per heavy atom. The van der Waals surface area contributed by atoms with Gasteiger partial charge in [-0.2, -0.15) is 5.10 Å². The average molecular weight is 220 g/mol. The number of likely N-dealkylation sites (tertiary alicyclic amines) is 1. The lowest BCUT2D eigenvalue weighted by molar-refractivity contribution is 0.226. The fourth-order valence-electron chi connectivity index (χ4n) is 2.01. The molecule has 1 aromatic rings. The van der Waals surface area contributed by atoms with Crippen molar-refractivity contribution in [3.8, 4) is 0 Å². The number of hydrogen-bond donors (Lipinski definition) is 1. The maximum absolute atomic E-state index is 4.11. The number of anilines is 1. The van der Waals surface area contributed by atoms with Crippen LogP contribution in [0.25, 0.3) is 0 Å². The van der Waals surface area contributed by atoms with Crippen molar-refractivity contribution < 1.29 is 0 Å². The Bertz CT molecular complexity index is 314. The van der Waals surface area contributed by atoms with Gasteiger partial charge in [-0.3, -0.25) is 0 Å². The Labute approximate surface area is 97.1 Å². The molecule has 1 aliphatic heterocycles. The van der Waals surface area contributed by atoms with E-state index in [0.29, 0.717) is 0 Å². The van der Waals surface area contributed by atoms with Gasteiger partial charge in [0.2, 0.25) is 0 Å². The maximum atomic E-state index is 4.11. The summed E-state index contributed by atoms with van der Waals surface area (Å²) in [5.41, 5.74) is 0.963. The van der Waals surface area contributed by atoms with E-state index in [9.17, 15) is 0 Å². The van der Waals surface area contributed by atoms with Crippen molar-refractivity contribution >= 4 is 5.82 Å². The highest BCUT2D eigenvalue weighted by Gasteiger charge is 2.16. The van der Waals surface area contributed by atoms with Crippen molar-refractivity contribution in [3.63, 3.8) is 0 Å². The average Bonchev–Trinajstić information content (AvgIpc) is 2.30. The summed E-state index contributed by atoms with van der Waals surface area (Å²) in [6.45, 7) is 5.40. The third kappa shape index (κ3) is 3.17. The van der Waals surface area contributed by atoms with E-state index in [-0.39, 0.29) is 0 Å². The zero-order valence-electron chi connectivity index (χ0n) is 10.1. The largest absolute Gasteiger partial charge is 0.368 e. The number of nitrogens with one attached hydrogen (secondary N) is 1. The molecule has 0 saturated carbocycles. The number of hydrogen-bond acceptors (Lipinski definition) is 4. The lowest BCUT2D eigenvalue weighted by Crippen LogP contribution is -2.33. The summed E-state index contributed by atoms with van der Waals surface area (Å²) in [5.74, 6) is 1.67. The molecular formula is C12H20N4. The van der Waals surface area contributed by atoms with Gasteiger partial charge >= 0.3 is 0 Å². The molecule has 1 N–H and O–H groups in total. The molecule has 2 rings (SSSR count). The zero-order chi connectivity index (χ0) is 11.4. The van der Waals surface area contributed by atoms with E-state index in [1.165, 1.54) is 25.9 Å². The summed E-state index contributed by atoms with van der Waals surface area (Å²) in [5, 5.41) is 11.5. The van der Waals surface area contributed by atoms with Gasteiger partial charge in [0.15, 0.2) is 0 Å². The molecule has 0 aliphatic carbocycles. The molecule has 1 fully saturated rings. The number of rotatable bonds is 3. The maximum Gasteiger partial charge on any atom is 0.148 e. The highest BCUT2D eigenvalue weighted by molar-refractivity contribution is 5.32. The van der Waals surface area contributed by atoms with Crippen LogP contribution in [0, 0.1) is 12.8 Å². The molecule has 16 heavy (non-hydrogen) atoms. The summed E-state index contributed by atoms with van der Waals surface area (Å²) in [7, 11) is 2.19. The van der Waals surface area contributed by atoms with Gasteiger partial charge in [-0.15, -0.1) is 5.10 Å². The van der Waals surface area contributed by atoms with E-state index in [4.69, 9.17) is 0 Å². The highest BCUT2D eigenvalue weighted by Crippen LogP contribution is 2.16. The number of aromatic nitrogens is 2. The molecule has 1 aromatic heterocycles. The second-order valence-corrected chi connectivity index (χ2v) is 4.69.